The lowest BCUT2D eigenvalue weighted by Crippen LogP contribution is -2.53. The number of aliphatic carboxylic acids is 1. The first-order valence-corrected chi connectivity index (χ1v) is 14.7. The molecule has 0 spiro atoms. The highest BCUT2D eigenvalue weighted by Crippen LogP contribution is 2.44. The van der Waals surface area contributed by atoms with Crippen LogP contribution in [0, 0.1) is 0 Å². The number of esters is 2. The Balaban J connectivity index is 1.41. The fourth-order valence-corrected chi connectivity index (χ4v) is 4.93. The van der Waals surface area contributed by atoms with E-state index < -0.39 is 47.1 Å². The Hall–Kier alpha value is -4.93. The van der Waals surface area contributed by atoms with E-state index >= 15 is 4.39 Å². The van der Waals surface area contributed by atoms with Gasteiger partial charge in [-0.05, 0) is 81.5 Å². The van der Waals surface area contributed by atoms with Crippen molar-refractivity contribution in [3.8, 4) is 16.9 Å². The molecule has 4 rings (SSSR count). The monoisotopic (exact) mass is 635 g/mol. The van der Waals surface area contributed by atoms with Gasteiger partial charge < -0.3 is 29.4 Å². The van der Waals surface area contributed by atoms with Gasteiger partial charge in [-0.15, -0.1) is 0 Å². The maximum absolute atomic E-state index is 15.9. The summed E-state index contributed by atoms with van der Waals surface area (Å²) < 4.78 is 36.8. The number of amides is 1. The molecular weight excluding hydrogens is 597 g/mol. The number of carboxylic acids is 1. The summed E-state index contributed by atoms with van der Waals surface area (Å²) in [6, 6.07) is 19.7. The molecule has 10 nitrogen and oxygen atoms in total. The van der Waals surface area contributed by atoms with Gasteiger partial charge in [0.1, 0.15) is 29.6 Å². The lowest BCUT2D eigenvalue weighted by Gasteiger charge is -2.29. The zero-order valence-corrected chi connectivity index (χ0v) is 26.6. The molecule has 0 saturated carbocycles. The van der Waals surface area contributed by atoms with Gasteiger partial charge in [0.15, 0.2) is 0 Å². The Morgan fingerprint density at radius 3 is 1.72 bits per heavy atom. The maximum Gasteiger partial charge on any atom is 0.444 e. The van der Waals surface area contributed by atoms with Crippen LogP contribution in [-0.4, -0.2) is 58.8 Å². The van der Waals surface area contributed by atoms with Crippen molar-refractivity contribution in [1.29, 1.82) is 0 Å². The number of alkyl halides is 1. The third kappa shape index (κ3) is 8.21. The number of halogens is 1. The maximum atomic E-state index is 15.9. The van der Waals surface area contributed by atoms with Gasteiger partial charge in [-0.1, -0.05) is 60.7 Å². The summed E-state index contributed by atoms with van der Waals surface area (Å²) in [5.74, 6) is -8.51. The molecule has 0 aliphatic heterocycles. The summed E-state index contributed by atoms with van der Waals surface area (Å²) in [5.41, 5.74) is 2.33. The molecule has 0 unspecified atom stereocenters. The van der Waals surface area contributed by atoms with E-state index in [4.69, 9.17) is 18.9 Å². The number of carbonyl (C=O) groups excluding carboxylic acids is 3. The van der Waals surface area contributed by atoms with Crippen molar-refractivity contribution in [2.24, 2.45) is 0 Å². The van der Waals surface area contributed by atoms with Crippen molar-refractivity contribution >= 4 is 24.0 Å². The first-order valence-electron chi connectivity index (χ1n) is 14.7. The van der Waals surface area contributed by atoms with E-state index in [2.05, 4.69) is 5.32 Å². The molecule has 0 saturated heterocycles. The number of carbonyl (C=O) groups is 4. The molecule has 3 aromatic carbocycles. The quantitative estimate of drug-likeness (QED) is 0.157. The summed E-state index contributed by atoms with van der Waals surface area (Å²) >= 11 is 0. The van der Waals surface area contributed by atoms with Gasteiger partial charge in [0.2, 0.25) is 0 Å². The van der Waals surface area contributed by atoms with Crippen LogP contribution in [0.2, 0.25) is 0 Å². The average Bonchev–Trinajstić information content (AvgIpc) is 3.28. The highest BCUT2D eigenvalue weighted by atomic mass is 19.2. The van der Waals surface area contributed by atoms with Gasteiger partial charge >= 0.3 is 29.9 Å². The molecule has 1 amide bonds. The second-order valence-electron chi connectivity index (χ2n) is 12.9. The molecule has 0 bridgehead atoms. The summed E-state index contributed by atoms with van der Waals surface area (Å²) in [6.45, 7) is 9.04. The van der Waals surface area contributed by atoms with E-state index in [1.807, 2.05) is 48.5 Å². The molecule has 244 valence electrons. The lowest BCUT2D eigenvalue weighted by atomic mass is 9.98. The standard InChI is InChI=1S/C35H38FNO9/c1-33(2,3)45-30(40)35(36,31(41)46-34(4,5)6)44-22-17-15-21(16-18-22)19-28(29(38)39)37-32(42)43-20-27-25-13-9-7-11-23(25)24-12-8-10-14-26(24)27/h7-18,27-28H,19-20H2,1-6H3,(H,37,42)(H,38,39)/t28-/m0/s1. The predicted molar refractivity (Wildman–Crippen MR) is 166 cm³/mol. The first kappa shape index (κ1) is 34.0. The Morgan fingerprint density at radius 1 is 0.783 bits per heavy atom. The zero-order chi connectivity index (χ0) is 33.9. The Morgan fingerprint density at radius 2 is 1.26 bits per heavy atom. The van der Waals surface area contributed by atoms with Crippen molar-refractivity contribution in [2.75, 3.05) is 6.61 Å². The molecule has 11 heteroatoms. The van der Waals surface area contributed by atoms with Crippen LogP contribution in [0.4, 0.5) is 9.18 Å². The largest absolute Gasteiger partial charge is 0.480 e. The molecule has 1 aliphatic carbocycles. The van der Waals surface area contributed by atoms with Crippen LogP contribution in [0.3, 0.4) is 0 Å². The van der Waals surface area contributed by atoms with Crippen LogP contribution in [0.15, 0.2) is 72.8 Å². The van der Waals surface area contributed by atoms with Crippen LogP contribution in [-0.2, 0) is 35.0 Å². The Kier molecular flexibility index (Phi) is 9.74. The van der Waals surface area contributed by atoms with Gasteiger partial charge in [-0.25, -0.2) is 19.2 Å². The fraction of sp³-hybridized carbons (Fsp3) is 0.371. The van der Waals surface area contributed by atoms with E-state index in [1.54, 1.807) is 0 Å². The van der Waals surface area contributed by atoms with E-state index in [0.717, 1.165) is 22.3 Å². The number of ether oxygens (including phenoxy) is 4. The topological polar surface area (TPSA) is 137 Å². The van der Waals surface area contributed by atoms with Crippen molar-refractivity contribution < 1.29 is 47.6 Å². The van der Waals surface area contributed by atoms with Crippen LogP contribution in [0.5, 0.6) is 5.75 Å². The van der Waals surface area contributed by atoms with E-state index in [0.29, 0.717) is 5.56 Å². The third-order valence-corrected chi connectivity index (χ3v) is 6.88. The highest BCUT2D eigenvalue weighted by Gasteiger charge is 2.55. The van der Waals surface area contributed by atoms with Gasteiger partial charge in [0.05, 0.1) is 0 Å². The van der Waals surface area contributed by atoms with Crippen molar-refractivity contribution in [2.45, 2.75) is 77.0 Å². The zero-order valence-electron chi connectivity index (χ0n) is 26.6. The molecule has 3 aromatic rings. The molecule has 0 aromatic heterocycles. The number of carboxylic acid groups (broad SMARTS) is 1. The van der Waals surface area contributed by atoms with Crippen LogP contribution >= 0.6 is 0 Å². The molecule has 0 fully saturated rings. The number of benzene rings is 3. The minimum atomic E-state index is -3.61. The van der Waals surface area contributed by atoms with Crippen molar-refractivity contribution in [1.82, 2.24) is 5.32 Å². The Labute approximate surface area is 266 Å². The summed E-state index contributed by atoms with van der Waals surface area (Å²) in [7, 11) is 0. The SMILES string of the molecule is CC(C)(C)OC(=O)C(F)(Oc1ccc(C[C@H](NC(=O)OCC2c3ccccc3-c3ccccc32)C(=O)O)cc1)C(=O)OC(C)(C)C. The minimum Gasteiger partial charge on any atom is -0.480 e. The molecular formula is C35H38FNO9. The molecule has 1 aliphatic rings. The van der Waals surface area contributed by atoms with Crippen molar-refractivity contribution in [3.05, 3.63) is 89.5 Å². The highest BCUT2D eigenvalue weighted by molar-refractivity contribution is 6.02. The number of fused-ring (bicyclic) bond motifs is 3. The lowest BCUT2D eigenvalue weighted by molar-refractivity contribution is -0.211. The third-order valence-electron chi connectivity index (χ3n) is 6.88. The number of rotatable bonds is 10. The van der Waals surface area contributed by atoms with Gasteiger partial charge in [0, 0.05) is 12.3 Å². The van der Waals surface area contributed by atoms with E-state index in [1.165, 1.54) is 65.8 Å². The number of hydrogen-bond donors (Lipinski definition) is 2. The predicted octanol–water partition coefficient (Wildman–Crippen LogP) is 5.95. The van der Waals surface area contributed by atoms with Gasteiger partial charge in [-0.3, -0.25) is 0 Å². The van der Waals surface area contributed by atoms with Gasteiger partial charge in [-0.2, -0.15) is 4.39 Å². The second-order valence-corrected chi connectivity index (χ2v) is 12.9. The van der Waals surface area contributed by atoms with Crippen LogP contribution < -0.4 is 10.1 Å². The Bertz CT molecular complexity index is 1530. The average molecular weight is 636 g/mol. The first-order chi connectivity index (χ1) is 21.5. The molecule has 0 radical (unpaired) electrons. The van der Waals surface area contributed by atoms with Crippen LogP contribution in [0.25, 0.3) is 11.1 Å². The summed E-state index contributed by atoms with van der Waals surface area (Å²) in [6.07, 6.45) is -1.05. The number of alkyl carbamates (subject to hydrolysis) is 1. The molecule has 46 heavy (non-hydrogen) atoms. The van der Waals surface area contributed by atoms with Crippen molar-refractivity contribution in [3.63, 3.8) is 0 Å². The normalized spacial score (nSPS) is 13.5. The van der Waals surface area contributed by atoms with Crippen LogP contribution in [0.1, 0.15) is 64.2 Å². The van der Waals surface area contributed by atoms with E-state index in [-0.39, 0.29) is 24.7 Å². The summed E-state index contributed by atoms with van der Waals surface area (Å²) in [4.78, 5) is 50.2. The fourth-order valence-electron chi connectivity index (χ4n) is 4.93. The van der Waals surface area contributed by atoms with Gasteiger partial charge in [0.25, 0.3) is 0 Å². The second kappa shape index (κ2) is 13.2. The number of hydrogen-bond acceptors (Lipinski definition) is 8. The van der Waals surface area contributed by atoms with E-state index in [9.17, 15) is 24.3 Å². The molecule has 1 atom stereocenters. The summed E-state index contributed by atoms with van der Waals surface area (Å²) in [5, 5.41) is 12.2. The molecule has 2 N–H and O–H groups in total. The smallest absolute Gasteiger partial charge is 0.444 e. The minimum absolute atomic E-state index is 0.0124. The number of nitrogens with one attached hydrogen (secondary N) is 1. The molecule has 0 heterocycles.